The molecule has 136 valence electrons. The normalized spacial score (nSPS) is 32.1. The fourth-order valence-corrected chi connectivity index (χ4v) is 5.73. The first-order valence-electron chi connectivity index (χ1n) is 9.42. The SMILES string of the molecule is CCC1=CC2CN3CCc4c([nH]c5ccc(F)cc45)[C@@](C(=O)OC)(C2)[C@H]13. The third kappa shape index (κ3) is 1.89. The van der Waals surface area contributed by atoms with Gasteiger partial charge in [0.05, 0.1) is 13.2 Å². The number of aromatic amines is 1. The van der Waals surface area contributed by atoms with Crippen molar-refractivity contribution in [3.05, 3.63) is 46.9 Å². The summed E-state index contributed by atoms with van der Waals surface area (Å²) < 4.78 is 19.3. The Morgan fingerprint density at radius 2 is 2.31 bits per heavy atom. The van der Waals surface area contributed by atoms with Crippen LogP contribution < -0.4 is 0 Å². The zero-order valence-electron chi connectivity index (χ0n) is 15.1. The molecule has 1 aromatic carbocycles. The van der Waals surface area contributed by atoms with Gasteiger partial charge in [-0.05, 0) is 48.9 Å². The van der Waals surface area contributed by atoms with Crippen LogP contribution in [0.2, 0.25) is 0 Å². The van der Waals surface area contributed by atoms with Crippen LogP contribution in [0.3, 0.4) is 0 Å². The zero-order chi connectivity index (χ0) is 18.1. The molecule has 1 aromatic heterocycles. The minimum absolute atomic E-state index is 0.0316. The van der Waals surface area contributed by atoms with Crippen molar-refractivity contribution in [3.8, 4) is 0 Å². The fourth-order valence-electron chi connectivity index (χ4n) is 5.73. The third-order valence-corrected chi connectivity index (χ3v) is 6.61. The van der Waals surface area contributed by atoms with Gasteiger partial charge in [-0.1, -0.05) is 18.6 Å². The summed E-state index contributed by atoms with van der Waals surface area (Å²) in [5.74, 6) is -0.0656. The van der Waals surface area contributed by atoms with E-state index in [0.717, 1.165) is 54.5 Å². The number of aromatic nitrogens is 1. The molecule has 3 aliphatic heterocycles. The summed E-state index contributed by atoms with van der Waals surface area (Å²) in [4.78, 5) is 19.2. The number of rotatable bonds is 2. The number of ether oxygens (including phenoxy) is 1. The molecule has 1 saturated heterocycles. The number of fused-ring (bicyclic) bond motifs is 3. The van der Waals surface area contributed by atoms with Crippen LogP contribution in [-0.2, 0) is 21.4 Å². The number of carbonyl (C=O) groups excluding carboxylic acids is 1. The molecule has 1 aliphatic carbocycles. The molecule has 4 atom stereocenters. The zero-order valence-corrected chi connectivity index (χ0v) is 15.1. The number of hydrogen-bond donors (Lipinski definition) is 1. The molecular formula is C21H23FN2O2. The van der Waals surface area contributed by atoms with Crippen molar-refractivity contribution < 1.29 is 13.9 Å². The van der Waals surface area contributed by atoms with Gasteiger partial charge >= 0.3 is 5.97 Å². The lowest BCUT2D eigenvalue weighted by Gasteiger charge is -2.53. The minimum atomic E-state index is -0.723. The average Bonchev–Trinajstić information content (AvgIpc) is 2.98. The number of nitrogens with one attached hydrogen (secondary N) is 1. The monoisotopic (exact) mass is 354 g/mol. The largest absolute Gasteiger partial charge is 0.468 e. The van der Waals surface area contributed by atoms with Crippen molar-refractivity contribution in [1.29, 1.82) is 0 Å². The first-order valence-corrected chi connectivity index (χ1v) is 9.42. The van der Waals surface area contributed by atoms with E-state index in [9.17, 15) is 9.18 Å². The Labute approximate surface area is 152 Å². The van der Waals surface area contributed by atoms with Crippen LogP contribution in [0.1, 0.15) is 31.0 Å². The van der Waals surface area contributed by atoms with Crippen LogP contribution in [0.5, 0.6) is 0 Å². The lowest BCUT2D eigenvalue weighted by atomic mass is 9.60. The van der Waals surface area contributed by atoms with Crippen LogP contribution in [0.4, 0.5) is 4.39 Å². The molecular weight excluding hydrogens is 331 g/mol. The Morgan fingerprint density at radius 3 is 3.08 bits per heavy atom. The molecule has 4 bridgehead atoms. The summed E-state index contributed by atoms with van der Waals surface area (Å²) in [7, 11) is 1.48. The standard InChI is InChI=1S/C21H23FN2O2/c1-3-13-8-12-10-21(20(25)26-2)18-15(6-7-24(11-12)19(13)21)16-9-14(22)4-5-17(16)23-18/h4-5,8-9,12,19,23H,3,6-7,10-11H2,1-2H3/t12?,19-,21-/m0/s1. The Morgan fingerprint density at radius 1 is 1.46 bits per heavy atom. The third-order valence-electron chi connectivity index (χ3n) is 6.61. The van der Waals surface area contributed by atoms with Crippen LogP contribution in [-0.4, -0.2) is 42.1 Å². The van der Waals surface area contributed by atoms with E-state index in [1.807, 2.05) is 0 Å². The van der Waals surface area contributed by atoms with Crippen LogP contribution in [0.25, 0.3) is 10.9 Å². The lowest BCUT2D eigenvalue weighted by molar-refractivity contribution is -0.153. The van der Waals surface area contributed by atoms with Crippen molar-refractivity contribution in [1.82, 2.24) is 9.88 Å². The smallest absolute Gasteiger partial charge is 0.319 e. The maximum atomic E-state index is 13.9. The highest BCUT2D eigenvalue weighted by molar-refractivity contribution is 5.92. The summed E-state index contributed by atoms with van der Waals surface area (Å²) in [6, 6.07) is 4.87. The van der Waals surface area contributed by atoms with Gasteiger partial charge in [-0.25, -0.2) is 4.39 Å². The van der Waals surface area contributed by atoms with E-state index in [-0.39, 0.29) is 17.8 Å². The Hall–Kier alpha value is -2.14. The molecule has 0 spiro atoms. The van der Waals surface area contributed by atoms with E-state index in [0.29, 0.717) is 5.92 Å². The van der Waals surface area contributed by atoms with Crippen LogP contribution >= 0.6 is 0 Å². The molecule has 26 heavy (non-hydrogen) atoms. The number of H-pyrrole nitrogens is 1. The van der Waals surface area contributed by atoms with E-state index in [4.69, 9.17) is 4.74 Å². The topological polar surface area (TPSA) is 45.3 Å². The van der Waals surface area contributed by atoms with Gasteiger partial charge in [-0.15, -0.1) is 0 Å². The molecule has 1 N–H and O–H groups in total. The second kappa shape index (κ2) is 5.43. The molecule has 4 aliphatic rings. The molecule has 6 rings (SSSR count). The van der Waals surface area contributed by atoms with Crippen LogP contribution in [0, 0.1) is 11.7 Å². The number of esters is 1. The molecule has 0 saturated carbocycles. The Balaban J connectivity index is 1.83. The van der Waals surface area contributed by atoms with Gasteiger partial charge in [0.25, 0.3) is 0 Å². The van der Waals surface area contributed by atoms with Crippen molar-refractivity contribution in [2.75, 3.05) is 20.2 Å². The van der Waals surface area contributed by atoms with E-state index < -0.39 is 5.41 Å². The van der Waals surface area contributed by atoms with E-state index in [1.54, 1.807) is 12.1 Å². The molecule has 2 unspecified atom stereocenters. The Kier molecular flexibility index (Phi) is 3.35. The van der Waals surface area contributed by atoms with Gasteiger partial charge in [0.15, 0.2) is 0 Å². The predicted octanol–water partition coefficient (Wildman–Crippen LogP) is 3.31. The van der Waals surface area contributed by atoms with Crippen LogP contribution in [0.15, 0.2) is 29.8 Å². The number of piperidine rings is 1. The number of benzene rings is 1. The summed E-state index contributed by atoms with van der Waals surface area (Å²) in [5, 5.41) is 0.898. The maximum Gasteiger partial charge on any atom is 0.319 e. The van der Waals surface area contributed by atoms with Crippen molar-refractivity contribution in [2.45, 2.75) is 37.6 Å². The second-order valence-electron chi connectivity index (χ2n) is 7.84. The van der Waals surface area contributed by atoms with Gasteiger partial charge in [0.1, 0.15) is 11.2 Å². The summed E-state index contributed by atoms with van der Waals surface area (Å²) >= 11 is 0. The van der Waals surface area contributed by atoms with Gasteiger partial charge < -0.3 is 9.72 Å². The highest BCUT2D eigenvalue weighted by Crippen LogP contribution is 2.53. The first kappa shape index (κ1) is 16.1. The quantitative estimate of drug-likeness (QED) is 0.665. The van der Waals surface area contributed by atoms with Gasteiger partial charge in [-0.3, -0.25) is 9.69 Å². The number of methoxy groups -OCH3 is 1. The van der Waals surface area contributed by atoms with Gasteiger partial charge in [0.2, 0.25) is 0 Å². The average molecular weight is 354 g/mol. The fraction of sp³-hybridized carbons (Fsp3) is 0.476. The summed E-state index contributed by atoms with van der Waals surface area (Å²) in [6.07, 6.45) is 4.88. The van der Waals surface area contributed by atoms with E-state index in [2.05, 4.69) is 22.9 Å². The lowest BCUT2D eigenvalue weighted by Crippen LogP contribution is -2.63. The maximum absolute atomic E-state index is 13.9. The number of halogens is 1. The van der Waals surface area contributed by atoms with E-state index in [1.165, 1.54) is 18.7 Å². The number of hydrogen-bond acceptors (Lipinski definition) is 3. The molecule has 5 heteroatoms. The highest BCUT2D eigenvalue weighted by Gasteiger charge is 2.60. The predicted molar refractivity (Wildman–Crippen MR) is 97.5 cm³/mol. The Bertz CT molecular complexity index is 947. The number of carbonyl (C=O) groups is 1. The molecule has 2 aromatic rings. The second-order valence-corrected chi connectivity index (χ2v) is 7.84. The van der Waals surface area contributed by atoms with Crippen molar-refractivity contribution >= 4 is 16.9 Å². The molecule has 4 heterocycles. The summed E-state index contributed by atoms with van der Waals surface area (Å²) in [6.45, 7) is 4.03. The van der Waals surface area contributed by atoms with E-state index >= 15 is 0 Å². The summed E-state index contributed by atoms with van der Waals surface area (Å²) in [5.41, 5.74) is 3.53. The minimum Gasteiger partial charge on any atom is -0.468 e. The first-order chi connectivity index (χ1) is 12.6. The van der Waals surface area contributed by atoms with Crippen molar-refractivity contribution in [3.63, 3.8) is 0 Å². The molecule has 4 nitrogen and oxygen atoms in total. The molecule has 0 amide bonds. The van der Waals surface area contributed by atoms with Crippen molar-refractivity contribution in [2.24, 2.45) is 5.92 Å². The number of nitrogens with zero attached hydrogens (tertiary/aromatic N) is 1. The molecule has 1 fully saturated rings. The van der Waals surface area contributed by atoms with Gasteiger partial charge in [0, 0.05) is 29.7 Å². The van der Waals surface area contributed by atoms with Gasteiger partial charge in [-0.2, -0.15) is 0 Å². The highest BCUT2D eigenvalue weighted by atomic mass is 19.1. The molecule has 0 radical (unpaired) electrons.